The van der Waals surface area contributed by atoms with E-state index in [0.717, 1.165) is 5.69 Å². The van der Waals surface area contributed by atoms with Crippen LogP contribution in [0.2, 0.25) is 0 Å². The predicted molar refractivity (Wildman–Crippen MR) is 78.7 cm³/mol. The molecule has 0 aromatic heterocycles. The highest BCUT2D eigenvalue weighted by Gasteiger charge is 2.30. The highest BCUT2D eigenvalue weighted by atomic mass is 32.2. The topological polar surface area (TPSA) is 41.1 Å². The normalized spacial score (nSPS) is 28.2. The van der Waals surface area contributed by atoms with E-state index in [-0.39, 0.29) is 17.9 Å². The molecule has 2 heterocycles. The average molecular weight is 276 g/mol. The Morgan fingerprint density at radius 1 is 1.39 bits per heavy atom. The fraction of sp³-hybridized carbons (Fsp3) is 0.231. The van der Waals surface area contributed by atoms with Crippen molar-refractivity contribution in [3.8, 4) is 0 Å². The summed E-state index contributed by atoms with van der Waals surface area (Å²) in [7, 11) is 0. The fourth-order valence-electron chi connectivity index (χ4n) is 2.36. The van der Waals surface area contributed by atoms with Gasteiger partial charge in [-0.25, -0.2) is 0 Å². The van der Waals surface area contributed by atoms with Gasteiger partial charge in [-0.15, -0.1) is 0 Å². The number of thiocarbonyl (C=S) groups is 1. The molecule has 3 nitrogen and oxygen atoms in total. The zero-order valence-corrected chi connectivity index (χ0v) is 11.4. The van der Waals surface area contributed by atoms with Crippen LogP contribution in [-0.2, 0) is 4.79 Å². The Balaban J connectivity index is 1.96. The van der Waals surface area contributed by atoms with E-state index < -0.39 is 0 Å². The van der Waals surface area contributed by atoms with Gasteiger partial charge in [0.05, 0.1) is 4.91 Å². The molecule has 1 saturated heterocycles. The zero-order chi connectivity index (χ0) is 12.7. The van der Waals surface area contributed by atoms with Crippen LogP contribution >= 0.6 is 24.0 Å². The fourth-order valence-corrected chi connectivity index (χ4v) is 3.42. The molecule has 0 saturated carbocycles. The third-order valence-electron chi connectivity index (χ3n) is 3.21. The van der Waals surface area contributed by atoms with Gasteiger partial charge in [0, 0.05) is 17.6 Å². The van der Waals surface area contributed by atoms with Crippen LogP contribution in [0, 0.1) is 0 Å². The molecular formula is C13H12N2OS2. The zero-order valence-electron chi connectivity index (χ0n) is 9.77. The second-order valence-corrected chi connectivity index (χ2v) is 6.14. The summed E-state index contributed by atoms with van der Waals surface area (Å²) in [5, 5.41) is 6.08. The molecule has 0 spiro atoms. The Bertz CT molecular complexity index is 568. The molecule has 3 rings (SSSR count). The Morgan fingerprint density at radius 3 is 2.89 bits per heavy atom. The minimum absolute atomic E-state index is 0.0819. The van der Waals surface area contributed by atoms with Crippen LogP contribution in [0.25, 0.3) is 0 Å². The molecule has 1 amide bonds. The van der Waals surface area contributed by atoms with Crippen molar-refractivity contribution in [2.45, 2.75) is 18.9 Å². The first-order valence-corrected chi connectivity index (χ1v) is 6.98. The first kappa shape index (κ1) is 11.7. The van der Waals surface area contributed by atoms with Crippen molar-refractivity contribution in [3.63, 3.8) is 0 Å². The number of amides is 1. The molecule has 92 valence electrons. The summed E-state index contributed by atoms with van der Waals surface area (Å²) in [4.78, 5) is 12.4. The smallest absolute Gasteiger partial charge is 0.263 e. The third kappa shape index (κ3) is 1.93. The summed E-state index contributed by atoms with van der Waals surface area (Å²) in [5.74, 6) is 0.136. The molecule has 2 aliphatic rings. The lowest BCUT2D eigenvalue weighted by Crippen LogP contribution is -2.19. The Morgan fingerprint density at radius 2 is 2.17 bits per heavy atom. The molecule has 0 aliphatic carbocycles. The molecule has 5 heteroatoms. The monoisotopic (exact) mass is 276 g/mol. The Kier molecular flexibility index (Phi) is 2.87. The van der Waals surface area contributed by atoms with E-state index in [0.29, 0.717) is 9.23 Å². The molecule has 1 fully saturated rings. The van der Waals surface area contributed by atoms with Crippen molar-refractivity contribution < 1.29 is 4.79 Å². The molecule has 18 heavy (non-hydrogen) atoms. The van der Waals surface area contributed by atoms with E-state index in [1.165, 1.54) is 17.3 Å². The number of nitrogens with one attached hydrogen (secondary N) is 2. The van der Waals surface area contributed by atoms with Crippen LogP contribution in [0.15, 0.2) is 35.2 Å². The first-order chi connectivity index (χ1) is 8.65. The molecule has 0 bridgehead atoms. The standard InChI is InChI=1S/C13H12N2OS2/c1-7-9(6-11-12(16)15-13(17)18-11)8-4-2-3-5-10(8)14-7/h2-7,9,14H,1H3,(H,15,16,17)/b11-6-/t7-,9-/m1/s1. The second kappa shape index (κ2) is 4.40. The van der Waals surface area contributed by atoms with E-state index >= 15 is 0 Å². The summed E-state index contributed by atoms with van der Waals surface area (Å²) in [6.07, 6.45) is 2.02. The number of anilines is 1. The molecule has 0 unspecified atom stereocenters. The van der Waals surface area contributed by atoms with Gasteiger partial charge in [-0.05, 0) is 18.6 Å². The van der Waals surface area contributed by atoms with Crippen LogP contribution < -0.4 is 10.6 Å². The number of thioether (sulfide) groups is 1. The maximum Gasteiger partial charge on any atom is 0.263 e. The average Bonchev–Trinajstić information content (AvgIpc) is 2.81. The highest BCUT2D eigenvalue weighted by molar-refractivity contribution is 8.26. The van der Waals surface area contributed by atoms with Crippen LogP contribution in [0.5, 0.6) is 0 Å². The Labute approximate surface area is 115 Å². The van der Waals surface area contributed by atoms with E-state index in [2.05, 4.69) is 29.7 Å². The molecule has 1 aromatic carbocycles. The minimum atomic E-state index is -0.0819. The lowest BCUT2D eigenvalue weighted by molar-refractivity contribution is -0.115. The largest absolute Gasteiger partial charge is 0.381 e. The number of hydrogen-bond acceptors (Lipinski definition) is 4. The number of carbonyl (C=O) groups is 1. The molecule has 1 aromatic rings. The van der Waals surface area contributed by atoms with E-state index in [4.69, 9.17) is 12.2 Å². The predicted octanol–water partition coefficient (Wildman–Crippen LogP) is 2.62. The number of carbonyl (C=O) groups excluding carboxylic acids is 1. The number of benzene rings is 1. The Hall–Kier alpha value is -1.33. The number of fused-ring (bicyclic) bond motifs is 1. The molecule has 2 atom stereocenters. The summed E-state index contributed by atoms with van der Waals surface area (Å²) >= 11 is 6.34. The maximum absolute atomic E-state index is 11.7. The lowest BCUT2D eigenvalue weighted by atomic mass is 9.95. The minimum Gasteiger partial charge on any atom is -0.381 e. The van der Waals surface area contributed by atoms with Crippen molar-refractivity contribution in [2.75, 3.05) is 5.32 Å². The lowest BCUT2D eigenvalue weighted by Gasteiger charge is -2.11. The van der Waals surface area contributed by atoms with Crippen molar-refractivity contribution in [1.82, 2.24) is 5.32 Å². The van der Waals surface area contributed by atoms with Gasteiger partial charge in [-0.3, -0.25) is 4.79 Å². The van der Waals surface area contributed by atoms with Crippen LogP contribution in [0.4, 0.5) is 5.69 Å². The number of para-hydroxylation sites is 1. The van der Waals surface area contributed by atoms with Crippen LogP contribution in [0.3, 0.4) is 0 Å². The van der Waals surface area contributed by atoms with E-state index in [9.17, 15) is 4.79 Å². The quantitative estimate of drug-likeness (QED) is 0.611. The van der Waals surface area contributed by atoms with Gasteiger partial charge in [0.25, 0.3) is 5.91 Å². The molecule has 2 N–H and O–H groups in total. The van der Waals surface area contributed by atoms with Gasteiger partial charge in [-0.2, -0.15) is 0 Å². The first-order valence-electron chi connectivity index (χ1n) is 5.75. The molecule has 0 radical (unpaired) electrons. The van der Waals surface area contributed by atoms with E-state index in [1.807, 2.05) is 18.2 Å². The highest BCUT2D eigenvalue weighted by Crippen LogP contribution is 2.39. The van der Waals surface area contributed by atoms with Crippen LogP contribution in [0.1, 0.15) is 18.4 Å². The van der Waals surface area contributed by atoms with Gasteiger partial charge in [-0.1, -0.05) is 48.3 Å². The SMILES string of the molecule is C[C@H]1Nc2ccccc2[C@@H]1/C=C1\SC(=S)NC1=O. The summed E-state index contributed by atoms with van der Waals surface area (Å²) in [5.41, 5.74) is 2.39. The van der Waals surface area contributed by atoms with Gasteiger partial charge in [0.2, 0.25) is 0 Å². The summed E-state index contributed by atoms with van der Waals surface area (Å²) < 4.78 is 0.540. The van der Waals surface area contributed by atoms with Crippen molar-refractivity contribution in [2.24, 2.45) is 0 Å². The summed E-state index contributed by atoms with van der Waals surface area (Å²) in [6.45, 7) is 2.12. The molecule has 2 aliphatic heterocycles. The van der Waals surface area contributed by atoms with Crippen LogP contribution in [-0.4, -0.2) is 16.3 Å². The van der Waals surface area contributed by atoms with E-state index in [1.54, 1.807) is 0 Å². The van der Waals surface area contributed by atoms with Gasteiger partial charge < -0.3 is 10.6 Å². The van der Waals surface area contributed by atoms with Gasteiger partial charge in [0.15, 0.2) is 0 Å². The number of hydrogen-bond donors (Lipinski definition) is 2. The second-order valence-electron chi connectivity index (χ2n) is 4.42. The maximum atomic E-state index is 11.7. The van der Waals surface area contributed by atoms with Gasteiger partial charge >= 0.3 is 0 Å². The third-order valence-corrected chi connectivity index (χ3v) is 4.40. The van der Waals surface area contributed by atoms with Crippen molar-refractivity contribution >= 4 is 39.9 Å². The van der Waals surface area contributed by atoms with Crippen molar-refractivity contribution in [3.05, 3.63) is 40.8 Å². The molecular weight excluding hydrogens is 264 g/mol. The summed E-state index contributed by atoms with van der Waals surface area (Å²) in [6, 6.07) is 8.49. The number of rotatable bonds is 1. The van der Waals surface area contributed by atoms with Crippen molar-refractivity contribution in [1.29, 1.82) is 0 Å². The van der Waals surface area contributed by atoms with Gasteiger partial charge in [0.1, 0.15) is 4.32 Å².